The minimum absolute atomic E-state index is 0.0148. The summed E-state index contributed by atoms with van der Waals surface area (Å²) in [5.41, 5.74) is 2.28. The first kappa shape index (κ1) is 17.3. The van der Waals surface area contributed by atoms with Crippen molar-refractivity contribution in [2.24, 2.45) is 0 Å². The Labute approximate surface area is 169 Å². The molecular formula is C21H15N5O2S. The number of carbonyl (C=O) groups excluding carboxylic acids is 1. The number of ether oxygens (including phenoxy) is 1. The molecule has 5 rings (SSSR count). The number of hydrogen-bond acceptors (Lipinski definition) is 6. The molecule has 0 aliphatic carbocycles. The van der Waals surface area contributed by atoms with E-state index < -0.39 is 5.97 Å². The lowest BCUT2D eigenvalue weighted by atomic mass is 10.3. The minimum atomic E-state index is -0.588. The first-order chi connectivity index (χ1) is 14.3. The average Bonchev–Trinajstić information content (AvgIpc) is 3.51. The van der Waals surface area contributed by atoms with E-state index >= 15 is 0 Å². The van der Waals surface area contributed by atoms with Crippen molar-refractivity contribution in [3.63, 3.8) is 0 Å². The number of hydrogen-bond donors (Lipinski definition) is 0. The third-order valence-electron chi connectivity index (χ3n) is 4.30. The first-order valence-corrected chi connectivity index (χ1v) is 9.82. The van der Waals surface area contributed by atoms with Crippen molar-refractivity contribution in [1.29, 1.82) is 0 Å². The molecule has 1 aromatic carbocycles. The van der Waals surface area contributed by atoms with Gasteiger partial charge in [-0.25, -0.2) is 14.5 Å². The number of thiophene rings is 1. The summed E-state index contributed by atoms with van der Waals surface area (Å²) < 4.78 is 8.95. The average molecular weight is 401 g/mol. The number of carbonyl (C=O) groups is 1. The normalized spacial score (nSPS) is 11.0. The Hall–Kier alpha value is -3.78. The molecule has 0 fully saturated rings. The fourth-order valence-electron chi connectivity index (χ4n) is 2.97. The lowest BCUT2D eigenvalue weighted by Crippen LogP contribution is -2.08. The molecule has 8 heteroatoms. The third-order valence-corrected chi connectivity index (χ3v) is 5.16. The summed E-state index contributed by atoms with van der Waals surface area (Å²) in [5.74, 6) is 0.0291. The molecule has 0 aliphatic heterocycles. The van der Waals surface area contributed by atoms with Gasteiger partial charge in [0.05, 0.1) is 16.3 Å². The molecule has 0 radical (unpaired) electrons. The molecule has 0 saturated heterocycles. The van der Waals surface area contributed by atoms with Crippen LogP contribution in [0.2, 0.25) is 0 Å². The Bertz CT molecular complexity index is 1240. The van der Waals surface area contributed by atoms with Crippen molar-refractivity contribution in [3.05, 3.63) is 90.0 Å². The summed E-state index contributed by atoms with van der Waals surface area (Å²) in [7, 11) is 0. The van der Waals surface area contributed by atoms with Gasteiger partial charge in [-0.15, -0.1) is 16.4 Å². The van der Waals surface area contributed by atoms with E-state index in [0.29, 0.717) is 11.5 Å². The van der Waals surface area contributed by atoms with Gasteiger partial charge in [0.1, 0.15) is 12.3 Å². The maximum absolute atomic E-state index is 12.6. The van der Waals surface area contributed by atoms with E-state index in [1.807, 2.05) is 82.8 Å². The van der Waals surface area contributed by atoms with Crippen LogP contribution in [0.4, 0.5) is 0 Å². The molecule has 0 amide bonds. The maximum atomic E-state index is 12.6. The summed E-state index contributed by atoms with van der Waals surface area (Å²) in [4.78, 5) is 22.4. The molecule has 0 aliphatic rings. The first-order valence-electron chi connectivity index (χ1n) is 8.94. The highest BCUT2D eigenvalue weighted by Crippen LogP contribution is 2.25. The summed E-state index contributed by atoms with van der Waals surface area (Å²) in [6, 6.07) is 19.2. The molecule has 0 saturated carbocycles. The molecule has 29 heavy (non-hydrogen) atoms. The number of rotatable bonds is 5. The number of nitrogens with zero attached hydrogens (tertiary/aromatic N) is 5. The molecule has 4 heterocycles. The SMILES string of the molecule is O=C(OCc1cn2ccccc2n1)c1nc(-c2cccs2)n(-c2ccccc2)n1. The number of esters is 1. The highest BCUT2D eigenvalue weighted by Gasteiger charge is 2.20. The van der Waals surface area contributed by atoms with Crippen LogP contribution in [0.5, 0.6) is 0 Å². The molecule has 0 N–H and O–H groups in total. The molecule has 7 nitrogen and oxygen atoms in total. The van der Waals surface area contributed by atoms with Crippen LogP contribution in [0, 0.1) is 0 Å². The summed E-state index contributed by atoms with van der Waals surface area (Å²) in [6.45, 7) is 0.0503. The second-order valence-electron chi connectivity index (χ2n) is 6.26. The van der Waals surface area contributed by atoms with Gasteiger partial charge in [-0.3, -0.25) is 0 Å². The molecule has 0 atom stereocenters. The number of para-hydroxylation sites is 1. The van der Waals surface area contributed by atoms with E-state index in [9.17, 15) is 4.79 Å². The molecule has 0 spiro atoms. The van der Waals surface area contributed by atoms with Crippen LogP contribution in [0.3, 0.4) is 0 Å². The number of pyridine rings is 1. The highest BCUT2D eigenvalue weighted by atomic mass is 32.1. The Morgan fingerprint density at radius 2 is 1.86 bits per heavy atom. The summed E-state index contributed by atoms with van der Waals surface area (Å²) in [5, 5.41) is 6.36. The third kappa shape index (κ3) is 3.41. The molecule has 0 bridgehead atoms. The van der Waals surface area contributed by atoms with Gasteiger partial charge in [0.2, 0.25) is 0 Å². The van der Waals surface area contributed by atoms with Crippen molar-refractivity contribution >= 4 is 23.0 Å². The Kier molecular flexibility index (Phi) is 4.38. The fraction of sp³-hybridized carbons (Fsp3) is 0.0476. The molecule has 142 valence electrons. The van der Waals surface area contributed by atoms with Gasteiger partial charge in [0, 0.05) is 12.4 Å². The molecule has 5 aromatic rings. The lowest BCUT2D eigenvalue weighted by Gasteiger charge is -2.03. The van der Waals surface area contributed by atoms with Crippen LogP contribution in [-0.4, -0.2) is 30.1 Å². The predicted molar refractivity (Wildman–Crippen MR) is 109 cm³/mol. The number of imidazole rings is 1. The Balaban J connectivity index is 1.42. The number of fused-ring (bicyclic) bond motifs is 1. The molecule has 0 unspecified atom stereocenters. The Morgan fingerprint density at radius 3 is 2.66 bits per heavy atom. The maximum Gasteiger partial charge on any atom is 0.378 e. The summed E-state index contributed by atoms with van der Waals surface area (Å²) >= 11 is 1.53. The fourth-order valence-corrected chi connectivity index (χ4v) is 3.67. The minimum Gasteiger partial charge on any atom is -0.453 e. The second-order valence-corrected chi connectivity index (χ2v) is 7.21. The second kappa shape index (κ2) is 7.33. The van der Waals surface area contributed by atoms with Crippen molar-refractivity contribution in [1.82, 2.24) is 24.1 Å². The largest absolute Gasteiger partial charge is 0.453 e. The van der Waals surface area contributed by atoms with Gasteiger partial charge in [0.15, 0.2) is 5.82 Å². The predicted octanol–water partition coefficient (Wildman–Crippen LogP) is 4.00. The van der Waals surface area contributed by atoms with E-state index in [4.69, 9.17) is 4.74 Å². The van der Waals surface area contributed by atoms with Crippen LogP contribution in [0.1, 0.15) is 16.3 Å². The van der Waals surface area contributed by atoms with Crippen LogP contribution >= 0.6 is 11.3 Å². The van der Waals surface area contributed by atoms with Gasteiger partial charge in [-0.1, -0.05) is 30.3 Å². The monoisotopic (exact) mass is 401 g/mol. The zero-order valence-corrected chi connectivity index (χ0v) is 16.0. The van der Waals surface area contributed by atoms with Gasteiger partial charge < -0.3 is 9.14 Å². The lowest BCUT2D eigenvalue weighted by molar-refractivity contribution is 0.0454. The van der Waals surface area contributed by atoms with E-state index in [0.717, 1.165) is 16.2 Å². The van der Waals surface area contributed by atoms with E-state index in [2.05, 4.69) is 15.1 Å². The van der Waals surface area contributed by atoms with E-state index in [1.165, 1.54) is 11.3 Å². The van der Waals surface area contributed by atoms with E-state index in [-0.39, 0.29) is 12.4 Å². The van der Waals surface area contributed by atoms with Gasteiger partial charge >= 0.3 is 5.97 Å². The molecular weight excluding hydrogens is 386 g/mol. The zero-order valence-electron chi connectivity index (χ0n) is 15.2. The van der Waals surface area contributed by atoms with Crippen LogP contribution in [0.15, 0.2) is 78.4 Å². The van der Waals surface area contributed by atoms with Gasteiger partial charge in [-0.2, -0.15) is 4.98 Å². The van der Waals surface area contributed by atoms with Crippen LogP contribution in [0.25, 0.3) is 22.0 Å². The van der Waals surface area contributed by atoms with Gasteiger partial charge in [0.25, 0.3) is 5.82 Å². The highest BCUT2D eigenvalue weighted by molar-refractivity contribution is 7.13. The Morgan fingerprint density at radius 1 is 1.00 bits per heavy atom. The van der Waals surface area contributed by atoms with Crippen LogP contribution in [-0.2, 0) is 11.3 Å². The quantitative estimate of drug-likeness (QED) is 0.416. The number of aromatic nitrogens is 5. The standard InChI is InChI=1S/C21H15N5O2S/c27-21(28-14-15-13-25-11-5-4-10-18(25)22-15)19-23-20(17-9-6-12-29-17)26(24-19)16-7-2-1-3-8-16/h1-13H,14H2. The van der Waals surface area contributed by atoms with E-state index in [1.54, 1.807) is 4.68 Å². The van der Waals surface area contributed by atoms with Crippen molar-refractivity contribution in [2.75, 3.05) is 0 Å². The zero-order chi connectivity index (χ0) is 19.6. The van der Waals surface area contributed by atoms with Crippen molar-refractivity contribution < 1.29 is 9.53 Å². The summed E-state index contributed by atoms with van der Waals surface area (Å²) in [6.07, 6.45) is 3.72. The van der Waals surface area contributed by atoms with Gasteiger partial charge in [-0.05, 0) is 35.7 Å². The number of benzene rings is 1. The smallest absolute Gasteiger partial charge is 0.378 e. The van der Waals surface area contributed by atoms with Crippen molar-refractivity contribution in [3.8, 4) is 16.4 Å². The van der Waals surface area contributed by atoms with Crippen molar-refractivity contribution in [2.45, 2.75) is 6.61 Å². The molecule has 4 aromatic heterocycles. The topological polar surface area (TPSA) is 74.3 Å². The van der Waals surface area contributed by atoms with Crippen LogP contribution < -0.4 is 0 Å².